The predicted octanol–water partition coefficient (Wildman–Crippen LogP) is 4.56. The third-order valence-corrected chi connectivity index (χ3v) is 3.69. The topological polar surface area (TPSA) is 49.3 Å². The van der Waals surface area contributed by atoms with E-state index in [9.17, 15) is 36.2 Å². The first-order valence-electron chi connectivity index (χ1n) is 7.20. The monoisotopic (exact) mass is 377 g/mol. The Balaban J connectivity index is 2.27. The van der Waals surface area contributed by atoms with Gasteiger partial charge in [0.05, 0.1) is 0 Å². The molecule has 0 aliphatic rings. The van der Waals surface area contributed by atoms with Gasteiger partial charge in [0.1, 0.15) is 0 Å². The number of aryl methyl sites for hydroxylation is 1. The van der Waals surface area contributed by atoms with Gasteiger partial charge in [0, 0.05) is 16.8 Å². The van der Waals surface area contributed by atoms with Crippen LogP contribution in [0.15, 0.2) is 48.5 Å². The van der Waals surface area contributed by atoms with E-state index in [-0.39, 0.29) is 11.3 Å². The summed E-state index contributed by atoms with van der Waals surface area (Å²) in [6, 6.07) is 9.01. The highest BCUT2D eigenvalue weighted by molar-refractivity contribution is 6.04. The summed E-state index contributed by atoms with van der Waals surface area (Å²) in [7, 11) is 0. The minimum Gasteiger partial charge on any atom is -0.369 e. The van der Waals surface area contributed by atoms with Crippen molar-refractivity contribution < 1.29 is 36.2 Å². The molecular weight excluding hydrogens is 364 g/mol. The Morgan fingerprint density at radius 1 is 0.846 bits per heavy atom. The van der Waals surface area contributed by atoms with Crippen molar-refractivity contribution in [3.63, 3.8) is 0 Å². The number of halogens is 6. The van der Waals surface area contributed by atoms with Gasteiger partial charge in [0.2, 0.25) is 0 Å². The Morgan fingerprint density at radius 3 is 1.73 bits per heavy atom. The van der Waals surface area contributed by atoms with Gasteiger partial charge in [0.25, 0.3) is 11.5 Å². The van der Waals surface area contributed by atoms with Crippen molar-refractivity contribution in [1.82, 2.24) is 0 Å². The molecular formula is C17H13F6NO2. The van der Waals surface area contributed by atoms with Crippen molar-refractivity contribution in [3.8, 4) is 0 Å². The molecule has 0 heterocycles. The van der Waals surface area contributed by atoms with Crippen LogP contribution in [0.1, 0.15) is 21.5 Å². The van der Waals surface area contributed by atoms with Crippen molar-refractivity contribution >= 4 is 11.6 Å². The molecule has 0 saturated carbocycles. The van der Waals surface area contributed by atoms with Gasteiger partial charge in [-0.3, -0.25) is 4.79 Å². The highest BCUT2D eigenvalue weighted by Gasteiger charge is 2.71. The summed E-state index contributed by atoms with van der Waals surface area (Å²) in [5.74, 6) is -0.584. The zero-order valence-corrected chi connectivity index (χ0v) is 13.2. The summed E-state index contributed by atoms with van der Waals surface area (Å²) in [6.45, 7) is 1.81. The lowest BCUT2D eigenvalue weighted by molar-refractivity contribution is -0.376. The number of carbonyl (C=O) groups excluding carboxylic acids is 1. The molecule has 0 spiro atoms. The van der Waals surface area contributed by atoms with Gasteiger partial charge < -0.3 is 10.4 Å². The SMILES string of the molecule is Cc1ccc(C(=O)Nc2ccc(C(O)(C(F)(F)F)C(F)(F)F)cc2)cc1. The van der Waals surface area contributed by atoms with Crippen molar-refractivity contribution in [2.24, 2.45) is 0 Å². The molecule has 0 aromatic heterocycles. The molecule has 9 heteroatoms. The van der Waals surface area contributed by atoms with Gasteiger partial charge in [-0.1, -0.05) is 29.8 Å². The number of hydrogen-bond donors (Lipinski definition) is 2. The number of anilines is 1. The van der Waals surface area contributed by atoms with Crippen LogP contribution in [0.3, 0.4) is 0 Å². The van der Waals surface area contributed by atoms with Gasteiger partial charge in [-0.05, 0) is 31.2 Å². The van der Waals surface area contributed by atoms with Crippen LogP contribution in [-0.4, -0.2) is 23.4 Å². The number of nitrogens with one attached hydrogen (secondary N) is 1. The first-order chi connectivity index (χ1) is 11.9. The van der Waals surface area contributed by atoms with Crippen LogP contribution < -0.4 is 5.32 Å². The average molecular weight is 377 g/mol. The molecule has 26 heavy (non-hydrogen) atoms. The van der Waals surface area contributed by atoms with Crippen molar-refractivity contribution in [2.75, 3.05) is 5.32 Å². The van der Waals surface area contributed by atoms with E-state index >= 15 is 0 Å². The van der Waals surface area contributed by atoms with Crippen molar-refractivity contribution in [3.05, 3.63) is 65.2 Å². The van der Waals surface area contributed by atoms with Crippen LogP contribution in [0.2, 0.25) is 0 Å². The van der Waals surface area contributed by atoms with E-state index < -0.39 is 29.4 Å². The lowest BCUT2D eigenvalue weighted by Gasteiger charge is -2.32. The molecule has 140 valence electrons. The van der Waals surface area contributed by atoms with E-state index in [1.54, 1.807) is 12.1 Å². The van der Waals surface area contributed by atoms with Gasteiger partial charge in [-0.15, -0.1) is 0 Å². The second kappa shape index (κ2) is 6.64. The molecule has 2 N–H and O–H groups in total. The van der Waals surface area contributed by atoms with Gasteiger partial charge in [-0.2, -0.15) is 26.3 Å². The van der Waals surface area contributed by atoms with Crippen LogP contribution in [0.4, 0.5) is 32.0 Å². The van der Waals surface area contributed by atoms with E-state index in [1.807, 2.05) is 6.92 Å². The maximum absolute atomic E-state index is 12.8. The van der Waals surface area contributed by atoms with Crippen LogP contribution in [-0.2, 0) is 5.60 Å². The van der Waals surface area contributed by atoms with Crippen LogP contribution >= 0.6 is 0 Å². The predicted molar refractivity (Wildman–Crippen MR) is 81.6 cm³/mol. The van der Waals surface area contributed by atoms with Crippen LogP contribution in [0.25, 0.3) is 0 Å². The molecule has 0 aliphatic heterocycles. The first-order valence-corrected chi connectivity index (χ1v) is 7.20. The maximum atomic E-state index is 12.8. The number of benzene rings is 2. The number of aliphatic hydroxyl groups is 1. The normalized spacial score (nSPS) is 12.8. The molecule has 2 aromatic carbocycles. The molecule has 0 atom stereocenters. The number of amides is 1. The quantitative estimate of drug-likeness (QED) is 0.771. The molecule has 0 bridgehead atoms. The van der Waals surface area contributed by atoms with Crippen molar-refractivity contribution in [2.45, 2.75) is 24.9 Å². The van der Waals surface area contributed by atoms with E-state index in [4.69, 9.17) is 0 Å². The molecule has 3 nitrogen and oxygen atoms in total. The van der Waals surface area contributed by atoms with E-state index in [1.165, 1.54) is 12.1 Å². The second-order valence-electron chi connectivity index (χ2n) is 5.60. The summed E-state index contributed by atoms with van der Waals surface area (Å²) in [4.78, 5) is 12.0. The maximum Gasteiger partial charge on any atom is 0.430 e. The highest BCUT2D eigenvalue weighted by atomic mass is 19.4. The largest absolute Gasteiger partial charge is 0.430 e. The molecule has 1 amide bonds. The third kappa shape index (κ3) is 3.67. The fourth-order valence-corrected chi connectivity index (χ4v) is 2.19. The van der Waals surface area contributed by atoms with E-state index in [2.05, 4.69) is 5.32 Å². The summed E-state index contributed by atoms with van der Waals surface area (Å²) in [5.41, 5.74) is -5.25. The van der Waals surface area contributed by atoms with Gasteiger partial charge >= 0.3 is 12.4 Å². The minimum atomic E-state index is -5.96. The summed E-state index contributed by atoms with van der Waals surface area (Å²) >= 11 is 0. The van der Waals surface area contributed by atoms with Gasteiger partial charge in [-0.25, -0.2) is 0 Å². The Bertz CT molecular complexity index is 765. The molecule has 0 fully saturated rings. The lowest BCUT2D eigenvalue weighted by Crippen LogP contribution is -2.53. The zero-order chi connectivity index (χ0) is 19.8. The molecule has 0 unspecified atom stereocenters. The molecule has 0 radical (unpaired) electrons. The Hall–Kier alpha value is -2.55. The highest BCUT2D eigenvalue weighted by Crippen LogP contribution is 2.50. The fraction of sp³-hybridized carbons (Fsp3) is 0.235. The average Bonchev–Trinajstić information content (AvgIpc) is 2.53. The number of carbonyl (C=O) groups is 1. The van der Waals surface area contributed by atoms with Crippen LogP contribution in [0.5, 0.6) is 0 Å². The molecule has 2 rings (SSSR count). The minimum absolute atomic E-state index is 0.0222. The summed E-state index contributed by atoms with van der Waals surface area (Å²) < 4.78 is 76.9. The number of hydrogen-bond acceptors (Lipinski definition) is 2. The number of rotatable bonds is 3. The summed E-state index contributed by atoms with van der Waals surface area (Å²) in [6.07, 6.45) is -11.9. The Labute approximate surface area is 144 Å². The first kappa shape index (κ1) is 19.8. The van der Waals surface area contributed by atoms with E-state index in [0.717, 1.165) is 17.7 Å². The summed E-state index contributed by atoms with van der Waals surface area (Å²) in [5, 5.41) is 11.6. The van der Waals surface area contributed by atoms with E-state index in [0.29, 0.717) is 12.1 Å². The smallest absolute Gasteiger partial charge is 0.369 e. The lowest BCUT2D eigenvalue weighted by atomic mass is 9.92. The number of alkyl halides is 6. The Morgan fingerprint density at radius 2 is 1.31 bits per heavy atom. The fourth-order valence-electron chi connectivity index (χ4n) is 2.19. The second-order valence-corrected chi connectivity index (χ2v) is 5.60. The standard InChI is InChI=1S/C17H13F6NO2/c1-10-2-4-11(5-3-10)14(25)24-13-8-6-12(7-9-13)15(26,16(18,19)20)17(21,22)23/h2-9,26H,1H3,(H,24,25). The zero-order valence-electron chi connectivity index (χ0n) is 13.2. The van der Waals surface area contributed by atoms with Crippen LogP contribution in [0, 0.1) is 6.92 Å². The Kier molecular flexibility index (Phi) is 5.05. The molecule has 0 aliphatic carbocycles. The third-order valence-electron chi connectivity index (χ3n) is 3.69. The molecule has 0 saturated heterocycles. The van der Waals surface area contributed by atoms with Crippen molar-refractivity contribution in [1.29, 1.82) is 0 Å². The molecule has 2 aromatic rings. The van der Waals surface area contributed by atoms with Gasteiger partial charge in [0.15, 0.2) is 0 Å².